The summed E-state index contributed by atoms with van der Waals surface area (Å²) in [6.45, 7) is 11.3. The van der Waals surface area contributed by atoms with Gasteiger partial charge in [0.15, 0.2) is 5.60 Å². The van der Waals surface area contributed by atoms with Crippen LogP contribution in [0.3, 0.4) is 0 Å². The van der Waals surface area contributed by atoms with Crippen molar-refractivity contribution in [3.05, 3.63) is 83.9 Å². The lowest BCUT2D eigenvalue weighted by Gasteiger charge is -2.48. The third-order valence-corrected chi connectivity index (χ3v) is 16.1. The normalized spacial score (nSPS) is 18.6. The summed E-state index contributed by atoms with van der Waals surface area (Å²) < 4.78 is 83.7. The Morgan fingerprint density at radius 1 is 0.983 bits per heavy atom. The number of piperidine rings is 1. The van der Waals surface area contributed by atoms with E-state index in [0.717, 1.165) is 26.3 Å². The van der Waals surface area contributed by atoms with Crippen LogP contribution in [-0.4, -0.2) is 97.5 Å². The third-order valence-electron chi connectivity index (χ3n) is 11.1. The number of fused-ring (bicyclic) bond motifs is 1. The van der Waals surface area contributed by atoms with Crippen LogP contribution in [0.2, 0.25) is 5.04 Å². The summed E-state index contributed by atoms with van der Waals surface area (Å²) >= 11 is 0. The maximum absolute atomic E-state index is 15.0. The van der Waals surface area contributed by atoms with Crippen LogP contribution < -0.4 is 25.3 Å². The smallest absolute Gasteiger partial charge is 0.417 e. The number of rotatable bonds is 14. The molecule has 2 heterocycles. The molecule has 0 unspecified atom stereocenters. The molecule has 0 bridgehead atoms. The Morgan fingerprint density at radius 2 is 1.57 bits per heavy atom. The van der Waals surface area contributed by atoms with Crippen molar-refractivity contribution in [1.82, 2.24) is 15.3 Å². The van der Waals surface area contributed by atoms with E-state index in [9.17, 15) is 46.2 Å². The molecule has 2 aliphatic rings. The van der Waals surface area contributed by atoms with Crippen molar-refractivity contribution in [3.8, 4) is 5.75 Å². The summed E-state index contributed by atoms with van der Waals surface area (Å²) in [6.07, 6.45) is -7.57. The zero-order valence-electron chi connectivity index (χ0n) is 34.8. The lowest BCUT2D eigenvalue weighted by Crippen LogP contribution is -2.67. The van der Waals surface area contributed by atoms with Gasteiger partial charge in [0.05, 0.1) is 22.7 Å². The second kappa shape index (κ2) is 18.0. The minimum absolute atomic E-state index is 0.179. The quantitative estimate of drug-likeness (QED) is 0.139. The van der Waals surface area contributed by atoms with Crippen LogP contribution in [0.1, 0.15) is 83.7 Å². The lowest BCUT2D eigenvalue weighted by atomic mass is 9.92. The molecular formula is C43H53F5N4O7Si. The van der Waals surface area contributed by atoms with Gasteiger partial charge in [-0.1, -0.05) is 81.4 Å². The first-order valence-corrected chi connectivity index (χ1v) is 21.8. The molecule has 3 aromatic rings. The Balaban J connectivity index is 1.55. The third kappa shape index (κ3) is 9.52. The average Bonchev–Trinajstić information content (AvgIpc) is 3.17. The molecule has 0 saturated carbocycles. The maximum atomic E-state index is 15.0. The van der Waals surface area contributed by atoms with E-state index in [1.807, 2.05) is 66.0 Å². The Labute approximate surface area is 347 Å². The number of carbonyl (C=O) groups excluding carboxylic acids is 3. The number of hydrazine groups is 1. The number of benzene rings is 3. The maximum Gasteiger partial charge on any atom is 0.417 e. The van der Waals surface area contributed by atoms with Gasteiger partial charge in [0.2, 0.25) is 0 Å². The number of hydrogen-bond acceptors (Lipinski definition) is 7. The zero-order valence-corrected chi connectivity index (χ0v) is 35.8. The molecule has 0 aliphatic carbocycles. The number of amides is 3. The molecule has 60 heavy (non-hydrogen) atoms. The molecule has 0 aromatic heterocycles. The van der Waals surface area contributed by atoms with Gasteiger partial charge in [0.25, 0.3) is 26.0 Å². The molecule has 3 aromatic carbocycles. The van der Waals surface area contributed by atoms with E-state index in [2.05, 4.69) is 20.8 Å². The van der Waals surface area contributed by atoms with Crippen LogP contribution in [0.15, 0.2) is 72.8 Å². The number of nitrogens with zero attached hydrogens (tertiary/aromatic N) is 3. The SMILES string of the molecule is CC(C)N(C(=O)c1cc2c(cc1C(F)(F)F)OC(C)(C)C(=O)N2CCNC(=O)C(F)F)N1C[C@H](C(=O)O)CC[C@@H]1CCO[Si](c1ccccc1)(c1ccccc1)C(C)(C)C. The number of ether oxygens (including phenoxy) is 1. The summed E-state index contributed by atoms with van der Waals surface area (Å²) in [5.74, 6) is -5.89. The highest BCUT2D eigenvalue weighted by Crippen LogP contribution is 2.45. The second-order valence-corrected chi connectivity index (χ2v) is 21.3. The van der Waals surface area contributed by atoms with E-state index < -0.39 is 92.4 Å². The van der Waals surface area contributed by atoms with Gasteiger partial charge >= 0.3 is 18.6 Å². The molecule has 1 saturated heterocycles. The topological polar surface area (TPSA) is 129 Å². The summed E-state index contributed by atoms with van der Waals surface area (Å²) in [5, 5.41) is 16.5. The van der Waals surface area contributed by atoms with Crippen molar-refractivity contribution in [2.24, 2.45) is 5.92 Å². The minimum atomic E-state index is -5.10. The van der Waals surface area contributed by atoms with Crippen LogP contribution in [0.4, 0.5) is 27.6 Å². The molecule has 2 N–H and O–H groups in total. The van der Waals surface area contributed by atoms with Crippen molar-refractivity contribution >= 4 is 48.1 Å². The van der Waals surface area contributed by atoms with Gasteiger partial charge in [-0.2, -0.15) is 22.0 Å². The largest absolute Gasteiger partial charge is 0.481 e. The number of aliphatic carboxylic acids is 1. The molecule has 0 radical (unpaired) electrons. The number of carboxylic acids is 1. The first kappa shape index (κ1) is 46.2. The summed E-state index contributed by atoms with van der Waals surface area (Å²) in [5.41, 5.74) is -4.12. The number of alkyl halides is 5. The molecule has 2 atom stereocenters. The average molecular weight is 861 g/mol. The number of carboxylic acid groups (broad SMARTS) is 1. The fraction of sp³-hybridized carbons (Fsp3) is 0.488. The molecule has 11 nitrogen and oxygen atoms in total. The predicted molar refractivity (Wildman–Crippen MR) is 218 cm³/mol. The minimum Gasteiger partial charge on any atom is -0.481 e. The highest BCUT2D eigenvalue weighted by Gasteiger charge is 2.51. The molecule has 2 aliphatic heterocycles. The van der Waals surface area contributed by atoms with Gasteiger partial charge in [-0.05, 0) is 74.5 Å². The van der Waals surface area contributed by atoms with Gasteiger partial charge in [0.1, 0.15) is 5.75 Å². The number of halogens is 5. The molecule has 5 rings (SSSR count). The number of hydrogen-bond donors (Lipinski definition) is 2. The predicted octanol–water partition coefficient (Wildman–Crippen LogP) is 6.49. The van der Waals surface area contributed by atoms with Crippen LogP contribution in [0.25, 0.3) is 0 Å². The first-order chi connectivity index (χ1) is 28.0. The number of nitrogens with one attached hydrogen (secondary N) is 1. The standard InChI is InChI=1S/C43H53F5N4O7Si/c1-27(2)52(38(54)32-24-34-35(25-33(32)43(46,47)48)59-42(6,7)40(57)50(34)22-21-49-37(53)36(44)45)51-26-28(39(55)56)18-19-29(51)20-23-58-60(41(3,4)5,30-14-10-8-11-15-30)31-16-12-9-13-17-31/h8-17,24-25,27-29,36H,18-23,26H2,1-7H3,(H,49,53)(H,55,56)/t28-,29-/m1/s1. The van der Waals surface area contributed by atoms with Gasteiger partial charge in [-0.3, -0.25) is 24.2 Å². The Hall–Kier alpha value is -4.87. The Kier molecular flexibility index (Phi) is 13.9. The molecule has 17 heteroatoms. The summed E-state index contributed by atoms with van der Waals surface area (Å²) in [7, 11) is -3.02. The fourth-order valence-corrected chi connectivity index (χ4v) is 12.8. The van der Waals surface area contributed by atoms with E-state index in [0.29, 0.717) is 18.9 Å². The number of carbonyl (C=O) groups is 4. The zero-order chi connectivity index (χ0) is 44.4. The molecule has 326 valence electrons. The summed E-state index contributed by atoms with van der Waals surface area (Å²) in [6, 6.07) is 20.1. The van der Waals surface area contributed by atoms with Gasteiger partial charge < -0.3 is 24.5 Å². The molecular weight excluding hydrogens is 808 g/mol. The highest BCUT2D eigenvalue weighted by atomic mass is 28.4. The van der Waals surface area contributed by atoms with Crippen LogP contribution in [0.5, 0.6) is 5.75 Å². The fourth-order valence-electron chi connectivity index (χ4n) is 8.26. The van der Waals surface area contributed by atoms with Crippen molar-refractivity contribution in [1.29, 1.82) is 0 Å². The Bertz CT molecular complexity index is 1990. The highest BCUT2D eigenvalue weighted by molar-refractivity contribution is 6.99. The lowest BCUT2D eigenvalue weighted by molar-refractivity contribution is -0.150. The van der Waals surface area contributed by atoms with E-state index in [-0.39, 0.29) is 36.0 Å². The molecule has 0 spiro atoms. The second-order valence-electron chi connectivity index (χ2n) is 17.0. The van der Waals surface area contributed by atoms with Crippen molar-refractivity contribution in [2.75, 3.05) is 31.1 Å². The van der Waals surface area contributed by atoms with Crippen LogP contribution in [0, 0.1) is 5.92 Å². The van der Waals surface area contributed by atoms with Crippen molar-refractivity contribution in [2.45, 2.75) is 103 Å². The van der Waals surface area contributed by atoms with Gasteiger partial charge in [-0.15, -0.1) is 0 Å². The summed E-state index contributed by atoms with van der Waals surface area (Å²) in [4.78, 5) is 53.4. The van der Waals surface area contributed by atoms with Crippen molar-refractivity contribution < 1.29 is 55.4 Å². The van der Waals surface area contributed by atoms with E-state index >= 15 is 0 Å². The van der Waals surface area contributed by atoms with E-state index in [4.69, 9.17) is 9.16 Å². The molecule has 1 fully saturated rings. The molecule has 3 amide bonds. The van der Waals surface area contributed by atoms with Gasteiger partial charge in [-0.25, -0.2) is 5.01 Å². The van der Waals surface area contributed by atoms with Crippen molar-refractivity contribution in [3.63, 3.8) is 0 Å². The monoisotopic (exact) mass is 860 g/mol. The van der Waals surface area contributed by atoms with Crippen LogP contribution in [-0.2, 0) is 25.0 Å². The first-order valence-electron chi connectivity index (χ1n) is 19.9. The van der Waals surface area contributed by atoms with Gasteiger partial charge in [0, 0.05) is 38.3 Å². The van der Waals surface area contributed by atoms with E-state index in [1.54, 1.807) is 18.9 Å². The van der Waals surface area contributed by atoms with Crippen LogP contribution >= 0.6 is 0 Å². The Morgan fingerprint density at radius 3 is 2.07 bits per heavy atom. The van der Waals surface area contributed by atoms with E-state index in [1.165, 1.54) is 13.8 Å². The number of anilines is 1.